The van der Waals surface area contributed by atoms with E-state index in [1.165, 1.54) is 11.6 Å². The second-order valence-electron chi connectivity index (χ2n) is 9.16. The van der Waals surface area contributed by atoms with Gasteiger partial charge in [-0.15, -0.1) is 21.5 Å². The predicted molar refractivity (Wildman–Crippen MR) is 143 cm³/mol. The predicted octanol–water partition coefficient (Wildman–Crippen LogP) is 5.38. The van der Waals surface area contributed by atoms with E-state index in [9.17, 15) is 4.79 Å². The molecule has 2 aromatic heterocycles. The van der Waals surface area contributed by atoms with Gasteiger partial charge in [-0.1, -0.05) is 47.7 Å². The summed E-state index contributed by atoms with van der Waals surface area (Å²) in [4.78, 5) is 17.3. The Balaban J connectivity index is 1.24. The van der Waals surface area contributed by atoms with Gasteiger partial charge in [-0.05, 0) is 54.8 Å². The van der Waals surface area contributed by atoms with Crippen LogP contribution in [-0.4, -0.2) is 31.5 Å². The van der Waals surface area contributed by atoms with Crippen LogP contribution in [0.25, 0.3) is 11.1 Å². The van der Waals surface area contributed by atoms with E-state index in [0.717, 1.165) is 22.5 Å². The van der Waals surface area contributed by atoms with Crippen molar-refractivity contribution in [3.05, 3.63) is 105 Å². The molecule has 0 fully saturated rings. The van der Waals surface area contributed by atoms with Gasteiger partial charge in [-0.3, -0.25) is 4.79 Å². The Bertz CT molecular complexity index is 1660. The summed E-state index contributed by atoms with van der Waals surface area (Å²) in [5.74, 6) is 0.376. The quantitative estimate of drug-likeness (QED) is 0.271. The molecule has 194 valence electrons. The summed E-state index contributed by atoms with van der Waals surface area (Å²) in [5.41, 5.74) is 4.11. The highest BCUT2D eigenvalue weighted by Crippen LogP contribution is 2.32. The first kappa shape index (κ1) is 25.7. The third-order valence-corrected chi connectivity index (χ3v) is 7.04. The second kappa shape index (κ2) is 10.8. The number of hydrogen-bond donors (Lipinski definition) is 2. The molecule has 0 saturated carbocycles. The van der Waals surface area contributed by atoms with Crippen LogP contribution in [0.3, 0.4) is 0 Å². The Hall–Kier alpha value is -4.95. The molecular formula is C28H22FN7O2S. The maximum absolute atomic E-state index is 15.1. The molecule has 0 radical (unpaired) electrons. The van der Waals surface area contributed by atoms with Crippen molar-refractivity contribution in [1.82, 2.24) is 30.9 Å². The Morgan fingerprint density at radius 2 is 1.97 bits per heavy atom. The van der Waals surface area contributed by atoms with Crippen LogP contribution >= 0.6 is 11.3 Å². The number of carbonyl (C=O) groups excluding carboxylic acids is 1. The summed E-state index contributed by atoms with van der Waals surface area (Å²) in [6.07, 6.45) is 0. The molecule has 5 rings (SSSR count). The number of benzene rings is 3. The molecule has 0 saturated heterocycles. The molecule has 39 heavy (non-hydrogen) atoms. The van der Waals surface area contributed by atoms with Gasteiger partial charge >= 0.3 is 0 Å². The van der Waals surface area contributed by atoms with Gasteiger partial charge in [0.15, 0.2) is 10.7 Å². The second-order valence-corrected chi connectivity index (χ2v) is 10.0. The zero-order valence-electron chi connectivity index (χ0n) is 21.0. The lowest BCUT2D eigenvalue weighted by molar-refractivity contribution is 0.0952. The first-order valence-electron chi connectivity index (χ1n) is 11.9. The lowest BCUT2D eigenvalue weighted by Crippen LogP contribution is -2.22. The fourth-order valence-corrected chi connectivity index (χ4v) is 4.59. The number of thiazole rings is 1. The van der Waals surface area contributed by atoms with Crippen LogP contribution in [0.2, 0.25) is 0 Å². The van der Waals surface area contributed by atoms with Crippen molar-refractivity contribution in [3.8, 4) is 28.8 Å². The molecular weight excluding hydrogens is 517 g/mol. The van der Waals surface area contributed by atoms with E-state index >= 15 is 4.39 Å². The summed E-state index contributed by atoms with van der Waals surface area (Å²) >= 11 is 1.16. The number of ether oxygens (including phenoxy) is 1. The first-order valence-corrected chi connectivity index (χ1v) is 12.8. The molecule has 1 amide bonds. The Kier molecular flexibility index (Phi) is 7.12. The van der Waals surface area contributed by atoms with E-state index < -0.39 is 5.41 Å². The van der Waals surface area contributed by atoms with Crippen LogP contribution in [-0.2, 0) is 12.0 Å². The van der Waals surface area contributed by atoms with Crippen LogP contribution in [0.1, 0.15) is 46.0 Å². The highest BCUT2D eigenvalue weighted by molar-refractivity contribution is 7.12. The minimum atomic E-state index is -0.613. The summed E-state index contributed by atoms with van der Waals surface area (Å²) in [6.45, 7) is 4.08. The molecule has 0 bridgehead atoms. The fraction of sp³-hybridized carbons (Fsp3) is 0.143. The van der Waals surface area contributed by atoms with Gasteiger partial charge in [-0.2, -0.15) is 10.5 Å². The molecule has 0 unspecified atom stereocenters. The van der Waals surface area contributed by atoms with E-state index in [1.807, 2.05) is 50.2 Å². The normalized spacial score (nSPS) is 11.1. The van der Waals surface area contributed by atoms with Crippen LogP contribution < -0.4 is 10.1 Å². The van der Waals surface area contributed by atoms with Crippen molar-refractivity contribution < 1.29 is 13.9 Å². The lowest BCUT2D eigenvalue weighted by atomic mass is 9.83. The largest absolute Gasteiger partial charge is 0.437 e. The highest BCUT2D eigenvalue weighted by atomic mass is 32.1. The molecule has 0 aliphatic rings. The molecule has 0 aliphatic carbocycles. The van der Waals surface area contributed by atoms with Crippen molar-refractivity contribution in [2.45, 2.75) is 25.8 Å². The van der Waals surface area contributed by atoms with Gasteiger partial charge in [0, 0.05) is 12.1 Å². The number of nitrogens with zero attached hydrogens (tertiary/aromatic N) is 5. The number of tetrazole rings is 1. The van der Waals surface area contributed by atoms with Crippen LogP contribution in [0, 0.1) is 17.1 Å². The average Bonchev–Trinajstić information content (AvgIpc) is 3.65. The SMILES string of the molecule is CC(C)(c1ccc(-c2ccc(CNC(=O)c3scnc3Oc3cccc(C#N)c3)cc2)c(F)c1)c1nn[nH]n1. The van der Waals surface area contributed by atoms with Crippen LogP contribution in [0.4, 0.5) is 4.39 Å². The van der Waals surface area contributed by atoms with Gasteiger partial charge in [0.05, 0.1) is 22.6 Å². The maximum atomic E-state index is 15.1. The zero-order valence-corrected chi connectivity index (χ0v) is 21.8. The minimum Gasteiger partial charge on any atom is -0.437 e. The molecule has 9 nitrogen and oxygen atoms in total. The van der Waals surface area contributed by atoms with Crippen molar-refractivity contribution in [3.63, 3.8) is 0 Å². The number of amides is 1. The highest BCUT2D eigenvalue weighted by Gasteiger charge is 2.28. The first-order chi connectivity index (χ1) is 18.8. The lowest BCUT2D eigenvalue weighted by Gasteiger charge is -2.21. The molecule has 11 heteroatoms. The molecule has 0 atom stereocenters. The van der Waals surface area contributed by atoms with Crippen molar-refractivity contribution in [2.75, 3.05) is 0 Å². The number of hydrogen-bond acceptors (Lipinski definition) is 8. The number of rotatable bonds is 8. The van der Waals surface area contributed by atoms with E-state index in [0.29, 0.717) is 33.1 Å². The number of carbonyl (C=O) groups is 1. The smallest absolute Gasteiger partial charge is 0.267 e. The van der Waals surface area contributed by atoms with Crippen molar-refractivity contribution in [1.29, 1.82) is 5.26 Å². The van der Waals surface area contributed by atoms with Gasteiger partial charge in [-0.25, -0.2) is 9.37 Å². The van der Waals surface area contributed by atoms with Gasteiger partial charge in [0.25, 0.3) is 5.91 Å². The monoisotopic (exact) mass is 539 g/mol. The van der Waals surface area contributed by atoms with E-state index in [-0.39, 0.29) is 24.1 Å². The molecule has 3 aromatic carbocycles. The number of halogens is 1. The van der Waals surface area contributed by atoms with Crippen LogP contribution in [0.15, 0.2) is 72.2 Å². The van der Waals surface area contributed by atoms with Gasteiger partial charge < -0.3 is 10.1 Å². The molecule has 0 spiro atoms. The number of aromatic amines is 1. The number of aromatic nitrogens is 5. The Labute approximate surface area is 227 Å². The Morgan fingerprint density at radius 1 is 1.15 bits per heavy atom. The summed E-state index contributed by atoms with van der Waals surface area (Å²) < 4.78 is 20.8. The van der Waals surface area contributed by atoms with Crippen LogP contribution in [0.5, 0.6) is 11.6 Å². The summed E-state index contributed by atoms with van der Waals surface area (Å²) in [5, 5.41) is 26.0. The zero-order chi connectivity index (χ0) is 27.4. The van der Waals surface area contributed by atoms with E-state index in [4.69, 9.17) is 10.00 Å². The molecule has 5 aromatic rings. The molecule has 2 N–H and O–H groups in total. The third-order valence-electron chi connectivity index (χ3n) is 6.23. The molecule has 0 aliphatic heterocycles. The Morgan fingerprint density at radius 3 is 2.69 bits per heavy atom. The summed E-state index contributed by atoms with van der Waals surface area (Å²) in [7, 11) is 0. The number of nitriles is 1. The minimum absolute atomic E-state index is 0.171. The fourth-order valence-electron chi connectivity index (χ4n) is 3.96. The third kappa shape index (κ3) is 5.51. The summed E-state index contributed by atoms with van der Waals surface area (Å²) in [6, 6.07) is 21.1. The van der Waals surface area contributed by atoms with Crippen molar-refractivity contribution in [2.24, 2.45) is 0 Å². The molecule has 2 heterocycles. The standard InChI is InChI=1S/C28H22FN7O2S/c1-28(2,27-33-35-36-34-27)20-10-11-22(23(29)13-20)19-8-6-17(7-9-19)15-31-25(37)24-26(32-16-39-24)38-21-5-3-4-18(12-21)14-30/h3-13,16H,15H2,1-2H3,(H,31,37)(H,33,34,35,36). The number of nitrogens with one attached hydrogen (secondary N) is 2. The average molecular weight is 540 g/mol. The van der Waals surface area contributed by atoms with E-state index in [1.54, 1.807) is 30.3 Å². The van der Waals surface area contributed by atoms with Gasteiger partial charge in [0.2, 0.25) is 5.88 Å². The number of H-pyrrole nitrogens is 1. The van der Waals surface area contributed by atoms with Crippen molar-refractivity contribution >= 4 is 17.2 Å². The van der Waals surface area contributed by atoms with Gasteiger partial charge in [0.1, 0.15) is 11.6 Å². The maximum Gasteiger partial charge on any atom is 0.267 e. The van der Waals surface area contributed by atoms with E-state index in [2.05, 4.69) is 30.9 Å². The topological polar surface area (TPSA) is 129 Å².